The zero-order valence-electron chi connectivity index (χ0n) is 20.5. The van der Waals surface area contributed by atoms with Crippen LogP contribution in [0.4, 0.5) is 24.5 Å². The van der Waals surface area contributed by atoms with Crippen molar-refractivity contribution in [3.63, 3.8) is 0 Å². The van der Waals surface area contributed by atoms with E-state index in [1.807, 2.05) is 0 Å². The third-order valence-corrected chi connectivity index (χ3v) is 6.52. The number of imidazole rings is 1. The molecule has 2 aromatic heterocycles. The Morgan fingerprint density at radius 2 is 2.13 bits per heavy atom. The number of hydrogen-bond donors (Lipinski definition) is 4. The highest BCUT2D eigenvalue weighted by atomic mass is 32.2. The van der Waals surface area contributed by atoms with Crippen molar-refractivity contribution >= 4 is 40.6 Å². The number of hydrogen-bond acceptors (Lipinski definition) is 7. The van der Waals surface area contributed by atoms with Gasteiger partial charge in [-0.3, -0.25) is 14.0 Å². The molecule has 2 amide bonds. The topological polar surface area (TPSA) is 109 Å². The Hall–Kier alpha value is -4.05. The fourth-order valence-electron chi connectivity index (χ4n) is 3.91. The van der Waals surface area contributed by atoms with E-state index in [1.54, 1.807) is 30.3 Å². The molecule has 0 unspecified atom stereocenters. The lowest BCUT2D eigenvalue weighted by atomic mass is 10.1. The van der Waals surface area contributed by atoms with Crippen molar-refractivity contribution in [2.24, 2.45) is 0 Å². The van der Waals surface area contributed by atoms with E-state index in [0.717, 1.165) is 0 Å². The normalized spacial score (nSPS) is 15.3. The fraction of sp³-hybridized carbons (Fsp3) is 0.320. The second kappa shape index (κ2) is 11.6. The first-order chi connectivity index (χ1) is 18.2. The lowest BCUT2D eigenvalue weighted by Crippen LogP contribution is -2.41. The van der Waals surface area contributed by atoms with Crippen LogP contribution in [-0.4, -0.2) is 60.0 Å². The zero-order valence-corrected chi connectivity index (χ0v) is 21.3. The summed E-state index contributed by atoms with van der Waals surface area (Å²) in [5.41, 5.74) is -2.71. The number of benzene rings is 1. The number of pyridine rings is 1. The average molecular weight is 547 g/mol. The summed E-state index contributed by atoms with van der Waals surface area (Å²) >= 11 is -0.280. The van der Waals surface area contributed by atoms with Crippen LogP contribution < -0.4 is 26.0 Å². The van der Waals surface area contributed by atoms with Crippen molar-refractivity contribution in [2.75, 3.05) is 37.9 Å². The smallest absolute Gasteiger partial charge is 0.447 e. The number of anilines is 2. The van der Waals surface area contributed by atoms with Gasteiger partial charge in [0.15, 0.2) is 5.65 Å². The first kappa shape index (κ1) is 27.0. The third-order valence-electron chi connectivity index (χ3n) is 5.71. The molecule has 13 heteroatoms. The number of thioether (sulfide) groups is 1. The largest absolute Gasteiger partial charge is 0.495 e. The molecule has 0 spiro atoms. The number of carbonyl (C=O) groups is 2. The molecular formula is C25H25F3N6O3S. The van der Waals surface area contributed by atoms with E-state index in [-0.39, 0.29) is 46.9 Å². The van der Waals surface area contributed by atoms with Crippen LogP contribution in [0.3, 0.4) is 0 Å². The quantitative estimate of drug-likeness (QED) is 0.266. The Morgan fingerprint density at radius 3 is 2.82 bits per heavy atom. The number of rotatable bonds is 7. The molecule has 0 saturated carbocycles. The molecule has 0 aliphatic carbocycles. The molecule has 1 aliphatic rings. The van der Waals surface area contributed by atoms with Crippen LogP contribution in [0.15, 0.2) is 41.6 Å². The summed E-state index contributed by atoms with van der Waals surface area (Å²) in [7, 11) is 2.99. The molecule has 4 rings (SSSR count). The zero-order chi connectivity index (χ0) is 27.3. The van der Waals surface area contributed by atoms with Crippen molar-refractivity contribution < 1.29 is 27.5 Å². The van der Waals surface area contributed by atoms with E-state index in [2.05, 4.69) is 38.1 Å². The molecule has 1 aromatic carbocycles. The first-order valence-corrected chi connectivity index (χ1v) is 12.4. The number of aromatic nitrogens is 2. The summed E-state index contributed by atoms with van der Waals surface area (Å²) in [6.45, 7) is 0.503. The minimum absolute atomic E-state index is 0.0118. The van der Waals surface area contributed by atoms with Gasteiger partial charge in [-0.1, -0.05) is 5.92 Å². The summed E-state index contributed by atoms with van der Waals surface area (Å²) in [6.07, 6.45) is 2.48. The number of nitrogens with one attached hydrogen (secondary N) is 4. The lowest BCUT2D eigenvalue weighted by molar-refractivity contribution is -0.122. The number of alkyl halides is 3. The number of halogens is 3. The van der Waals surface area contributed by atoms with Gasteiger partial charge in [0, 0.05) is 49.6 Å². The van der Waals surface area contributed by atoms with Crippen molar-refractivity contribution in [1.82, 2.24) is 20.0 Å². The number of piperidine rings is 1. The van der Waals surface area contributed by atoms with Gasteiger partial charge in [-0.25, -0.2) is 4.98 Å². The van der Waals surface area contributed by atoms with Gasteiger partial charge in [0.2, 0.25) is 5.91 Å². The second-order valence-electron chi connectivity index (χ2n) is 8.26. The van der Waals surface area contributed by atoms with Gasteiger partial charge in [-0.2, -0.15) is 13.2 Å². The molecule has 4 N–H and O–H groups in total. The van der Waals surface area contributed by atoms with Crippen molar-refractivity contribution in [3.8, 4) is 17.6 Å². The van der Waals surface area contributed by atoms with Gasteiger partial charge in [0.1, 0.15) is 16.5 Å². The maximum atomic E-state index is 13.4. The monoisotopic (exact) mass is 546 g/mol. The molecular weight excluding hydrogens is 521 g/mol. The third kappa shape index (κ3) is 6.44. The molecule has 1 atom stereocenters. The number of fused-ring (bicyclic) bond motifs is 1. The molecule has 1 aliphatic heterocycles. The summed E-state index contributed by atoms with van der Waals surface area (Å²) in [5.74, 6) is 5.70. The first-order valence-electron chi connectivity index (χ1n) is 11.6. The minimum Gasteiger partial charge on any atom is -0.495 e. The van der Waals surface area contributed by atoms with E-state index in [0.29, 0.717) is 47.7 Å². The number of methoxy groups -OCH3 is 1. The van der Waals surface area contributed by atoms with Gasteiger partial charge >= 0.3 is 5.51 Å². The van der Waals surface area contributed by atoms with Crippen LogP contribution in [-0.2, 0) is 4.79 Å². The molecule has 3 aromatic rings. The highest BCUT2D eigenvalue weighted by Crippen LogP contribution is 2.39. The predicted molar refractivity (Wildman–Crippen MR) is 139 cm³/mol. The number of carbonyl (C=O) groups excluding carboxylic acids is 2. The summed E-state index contributed by atoms with van der Waals surface area (Å²) < 4.78 is 46.9. The van der Waals surface area contributed by atoms with Crippen molar-refractivity contribution in [3.05, 3.63) is 47.8 Å². The van der Waals surface area contributed by atoms with Gasteiger partial charge in [0.25, 0.3) is 5.91 Å². The molecule has 38 heavy (non-hydrogen) atoms. The van der Waals surface area contributed by atoms with Crippen LogP contribution >= 0.6 is 11.8 Å². The highest BCUT2D eigenvalue weighted by Gasteiger charge is 2.33. The maximum Gasteiger partial charge on any atom is 0.447 e. The fourth-order valence-corrected chi connectivity index (χ4v) is 4.57. The SMILES string of the molecule is CNC(=O)c1ccc(NCC#Cc2nc3c(N[C@@H]4CCC(=O)NC4)cccn3c2SC(F)(F)F)c(OC)c1. The van der Waals surface area contributed by atoms with Gasteiger partial charge in [0.05, 0.1) is 25.0 Å². The molecule has 200 valence electrons. The number of ether oxygens (including phenoxy) is 1. The van der Waals surface area contributed by atoms with Crippen LogP contribution in [0.25, 0.3) is 5.65 Å². The van der Waals surface area contributed by atoms with Crippen molar-refractivity contribution in [2.45, 2.75) is 29.4 Å². The van der Waals surface area contributed by atoms with E-state index in [1.165, 1.54) is 24.8 Å². The molecule has 9 nitrogen and oxygen atoms in total. The number of nitrogens with zero attached hydrogens (tertiary/aromatic N) is 2. The van der Waals surface area contributed by atoms with E-state index in [4.69, 9.17) is 4.74 Å². The summed E-state index contributed by atoms with van der Waals surface area (Å²) in [5, 5.41) is 11.5. The van der Waals surface area contributed by atoms with Gasteiger partial charge < -0.3 is 26.0 Å². The summed E-state index contributed by atoms with van der Waals surface area (Å²) in [4.78, 5) is 27.7. The Bertz CT molecular complexity index is 1400. The lowest BCUT2D eigenvalue weighted by Gasteiger charge is -2.24. The van der Waals surface area contributed by atoms with Gasteiger partial charge in [-0.15, -0.1) is 0 Å². The van der Waals surface area contributed by atoms with E-state index < -0.39 is 5.51 Å². The van der Waals surface area contributed by atoms with Crippen LogP contribution in [0.2, 0.25) is 0 Å². The van der Waals surface area contributed by atoms with Crippen LogP contribution in [0.1, 0.15) is 28.9 Å². The van der Waals surface area contributed by atoms with E-state index in [9.17, 15) is 22.8 Å². The molecule has 3 heterocycles. The average Bonchev–Trinajstić information content (AvgIpc) is 3.24. The Morgan fingerprint density at radius 1 is 1.32 bits per heavy atom. The van der Waals surface area contributed by atoms with Crippen LogP contribution in [0, 0.1) is 11.8 Å². The Labute approximate surface area is 220 Å². The van der Waals surface area contributed by atoms with Gasteiger partial charge in [-0.05, 0) is 42.7 Å². The number of amides is 2. The highest BCUT2D eigenvalue weighted by molar-refractivity contribution is 8.00. The standard InChI is InChI=1S/C25H25F3N6O3S/c1-29-23(36)15-7-9-17(20(13-15)37-2)30-11-3-5-19-24(38-25(26,27)28)34-12-4-6-18(22(34)33-19)32-16-8-10-21(35)31-14-16/h4,6-7,9,12-13,16,30,32H,8,10-11,14H2,1-2H3,(H,29,36)(H,31,35)/t16-/m1/s1. The Balaban J connectivity index is 1.58. The molecule has 1 saturated heterocycles. The minimum atomic E-state index is -4.54. The molecule has 0 bridgehead atoms. The maximum absolute atomic E-state index is 13.4. The predicted octanol–water partition coefficient (Wildman–Crippen LogP) is 3.47. The molecule has 1 fully saturated rings. The second-order valence-corrected chi connectivity index (χ2v) is 9.32. The molecule has 0 radical (unpaired) electrons. The van der Waals surface area contributed by atoms with E-state index >= 15 is 0 Å². The van der Waals surface area contributed by atoms with Crippen LogP contribution in [0.5, 0.6) is 5.75 Å². The Kier molecular flexibility index (Phi) is 8.21. The summed E-state index contributed by atoms with van der Waals surface area (Å²) in [6, 6.07) is 8.13. The van der Waals surface area contributed by atoms with Crippen molar-refractivity contribution in [1.29, 1.82) is 0 Å².